The molecule has 0 fully saturated rings. The van der Waals surface area contributed by atoms with Crippen molar-refractivity contribution in [3.63, 3.8) is 0 Å². The van der Waals surface area contributed by atoms with Crippen LogP contribution in [0, 0.1) is 0 Å². The first-order valence-electron chi connectivity index (χ1n) is 5.19. The van der Waals surface area contributed by atoms with Gasteiger partial charge in [0.15, 0.2) is 5.13 Å². The average molecular weight is 292 g/mol. The van der Waals surface area contributed by atoms with E-state index in [4.69, 9.17) is 0 Å². The maximum atomic E-state index is 11.9. The van der Waals surface area contributed by atoms with Gasteiger partial charge in [-0.15, -0.1) is 11.3 Å². The Morgan fingerprint density at radius 2 is 2.11 bits per heavy atom. The molecule has 8 heteroatoms. The molecule has 1 aromatic rings. The van der Waals surface area contributed by atoms with Gasteiger partial charge in [-0.3, -0.25) is 9.52 Å². The number of sulfonamides is 1. The molecule has 0 aliphatic carbocycles. The molecular formula is C10H16N2O4S2. The van der Waals surface area contributed by atoms with Gasteiger partial charge in [0.1, 0.15) is 0 Å². The van der Waals surface area contributed by atoms with Crippen LogP contribution in [0.2, 0.25) is 0 Å². The Hall–Kier alpha value is -1.15. The molecule has 0 amide bonds. The second kappa shape index (κ2) is 5.23. The Labute approximate surface area is 110 Å². The van der Waals surface area contributed by atoms with Gasteiger partial charge in [0.05, 0.1) is 24.0 Å². The molecule has 1 aromatic heterocycles. The van der Waals surface area contributed by atoms with Crippen molar-refractivity contribution in [2.75, 3.05) is 11.8 Å². The Morgan fingerprint density at radius 3 is 2.61 bits per heavy atom. The average Bonchev–Trinajstić information content (AvgIpc) is 2.62. The molecule has 0 aliphatic heterocycles. The van der Waals surface area contributed by atoms with Crippen molar-refractivity contribution >= 4 is 32.5 Å². The Morgan fingerprint density at radius 1 is 1.50 bits per heavy atom. The summed E-state index contributed by atoms with van der Waals surface area (Å²) < 4.78 is 29.7. The minimum absolute atomic E-state index is 0.0320. The molecule has 18 heavy (non-hydrogen) atoms. The van der Waals surface area contributed by atoms with E-state index in [-0.39, 0.29) is 11.6 Å². The van der Waals surface area contributed by atoms with Gasteiger partial charge in [0.25, 0.3) is 0 Å². The number of hydrogen-bond acceptors (Lipinski definition) is 6. The Bertz CT molecular complexity index is 528. The summed E-state index contributed by atoms with van der Waals surface area (Å²) in [6, 6.07) is 0. The summed E-state index contributed by atoms with van der Waals surface area (Å²) in [5.41, 5.74) is 0.485. The Kier molecular flexibility index (Phi) is 4.33. The molecule has 102 valence electrons. The lowest BCUT2D eigenvalue weighted by Crippen LogP contribution is -2.33. The summed E-state index contributed by atoms with van der Waals surface area (Å²) in [5, 5.41) is 1.88. The highest BCUT2D eigenvalue weighted by Crippen LogP contribution is 2.22. The highest BCUT2D eigenvalue weighted by Gasteiger charge is 2.29. The van der Waals surface area contributed by atoms with Gasteiger partial charge in [-0.25, -0.2) is 13.4 Å². The highest BCUT2D eigenvalue weighted by molar-refractivity contribution is 7.94. The predicted octanol–water partition coefficient (Wildman–Crippen LogP) is 1.40. The maximum absolute atomic E-state index is 11.9. The van der Waals surface area contributed by atoms with Gasteiger partial charge in [-0.2, -0.15) is 0 Å². The summed E-state index contributed by atoms with van der Waals surface area (Å²) in [6.45, 7) is 4.79. The zero-order valence-electron chi connectivity index (χ0n) is 10.7. The van der Waals surface area contributed by atoms with E-state index in [1.54, 1.807) is 26.2 Å². The summed E-state index contributed by atoms with van der Waals surface area (Å²) in [6.07, 6.45) is 0.0320. The fourth-order valence-corrected chi connectivity index (χ4v) is 2.58. The number of nitrogens with zero attached hydrogens (tertiary/aromatic N) is 1. The number of methoxy groups -OCH3 is 1. The molecule has 0 unspecified atom stereocenters. The second-order valence-corrected chi connectivity index (χ2v) is 7.91. The van der Waals surface area contributed by atoms with E-state index in [9.17, 15) is 13.2 Å². The van der Waals surface area contributed by atoms with Gasteiger partial charge >= 0.3 is 5.97 Å². The van der Waals surface area contributed by atoms with Crippen molar-refractivity contribution < 1.29 is 17.9 Å². The van der Waals surface area contributed by atoms with Crippen LogP contribution in [0.3, 0.4) is 0 Å². The summed E-state index contributed by atoms with van der Waals surface area (Å²) >= 11 is 1.14. The Balaban J connectivity index is 2.80. The number of aromatic nitrogens is 1. The molecule has 1 N–H and O–H groups in total. The van der Waals surface area contributed by atoms with Gasteiger partial charge in [0, 0.05) is 5.38 Å². The number of ether oxygens (including phenoxy) is 1. The maximum Gasteiger partial charge on any atom is 0.311 e. The number of thiazole rings is 1. The van der Waals surface area contributed by atoms with Gasteiger partial charge < -0.3 is 4.74 Å². The van der Waals surface area contributed by atoms with Crippen molar-refractivity contribution in [2.45, 2.75) is 31.9 Å². The third-order valence-corrected chi connectivity index (χ3v) is 5.14. The van der Waals surface area contributed by atoms with Crippen LogP contribution in [0.25, 0.3) is 0 Å². The van der Waals surface area contributed by atoms with Gasteiger partial charge in [0.2, 0.25) is 10.0 Å². The monoisotopic (exact) mass is 292 g/mol. The fraction of sp³-hybridized carbons (Fsp3) is 0.600. The first-order chi connectivity index (χ1) is 8.15. The normalized spacial score (nSPS) is 12.2. The minimum atomic E-state index is -3.49. The standard InChI is InChI=1S/C10H16N2O4S2/c1-10(2,3)18(14,15)12-9-11-7(6-17-9)5-8(13)16-4/h6H,5H2,1-4H3,(H,11,12). The van der Waals surface area contributed by atoms with Crippen molar-refractivity contribution in [3.8, 4) is 0 Å². The molecule has 0 bridgehead atoms. The first kappa shape index (κ1) is 14.9. The van der Waals surface area contributed by atoms with E-state index >= 15 is 0 Å². The topological polar surface area (TPSA) is 85.4 Å². The third kappa shape index (κ3) is 3.67. The van der Waals surface area contributed by atoms with E-state index in [0.29, 0.717) is 5.69 Å². The lowest BCUT2D eigenvalue weighted by molar-refractivity contribution is -0.139. The number of rotatable bonds is 4. The molecule has 6 nitrogen and oxygen atoms in total. The van der Waals surface area contributed by atoms with E-state index in [2.05, 4.69) is 14.4 Å². The van der Waals surface area contributed by atoms with Crippen LogP contribution in [-0.4, -0.2) is 31.2 Å². The van der Waals surface area contributed by atoms with Crippen molar-refractivity contribution in [1.82, 2.24) is 4.98 Å². The molecule has 0 aromatic carbocycles. The number of hydrogen-bond donors (Lipinski definition) is 1. The number of esters is 1. The quantitative estimate of drug-likeness (QED) is 0.848. The predicted molar refractivity (Wildman–Crippen MR) is 70.1 cm³/mol. The number of nitrogens with one attached hydrogen (secondary N) is 1. The zero-order valence-corrected chi connectivity index (χ0v) is 12.3. The molecule has 0 radical (unpaired) electrons. The van der Waals surface area contributed by atoms with E-state index < -0.39 is 20.7 Å². The van der Waals surface area contributed by atoms with Crippen LogP contribution >= 0.6 is 11.3 Å². The summed E-state index contributed by atoms with van der Waals surface area (Å²) in [5.74, 6) is -0.412. The number of carbonyl (C=O) groups is 1. The van der Waals surface area contributed by atoms with Crippen molar-refractivity contribution in [2.24, 2.45) is 0 Å². The highest BCUT2D eigenvalue weighted by atomic mass is 32.2. The molecule has 0 atom stereocenters. The van der Waals surface area contributed by atoms with E-state index in [1.165, 1.54) is 7.11 Å². The summed E-state index contributed by atoms with van der Waals surface area (Å²) in [7, 11) is -2.20. The molecule has 0 saturated heterocycles. The fourth-order valence-electron chi connectivity index (χ4n) is 0.923. The van der Waals surface area contributed by atoms with Crippen LogP contribution in [0.1, 0.15) is 26.5 Å². The van der Waals surface area contributed by atoms with Gasteiger partial charge in [-0.05, 0) is 20.8 Å². The molecule has 1 heterocycles. The van der Waals surface area contributed by atoms with Crippen LogP contribution in [0.15, 0.2) is 5.38 Å². The summed E-state index contributed by atoms with van der Waals surface area (Å²) in [4.78, 5) is 15.1. The van der Waals surface area contributed by atoms with Crippen LogP contribution in [0.4, 0.5) is 5.13 Å². The lowest BCUT2D eigenvalue weighted by atomic mass is 10.3. The van der Waals surface area contributed by atoms with E-state index in [1.807, 2.05) is 0 Å². The number of anilines is 1. The van der Waals surface area contributed by atoms with Crippen molar-refractivity contribution in [3.05, 3.63) is 11.1 Å². The molecule has 0 aliphatic rings. The molecule has 0 saturated carbocycles. The zero-order chi connectivity index (χ0) is 14.0. The van der Waals surface area contributed by atoms with Crippen LogP contribution < -0.4 is 4.72 Å². The van der Waals surface area contributed by atoms with Crippen LogP contribution in [-0.2, 0) is 26.0 Å². The SMILES string of the molecule is COC(=O)Cc1csc(NS(=O)(=O)C(C)(C)C)n1. The third-order valence-electron chi connectivity index (χ3n) is 2.13. The number of carbonyl (C=O) groups excluding carboxylic acids is 1. The van der Waals surface area contributed by atoms with Gasteiger partial charge in [-0.1, -0.05) is 0 Å². The van der Waals surface area contributed by atoms with Crippen LogP contribution in [0.5, 0.6) is 0 Å². The smallest absolute Gasteiger partial charge is 0.311 e. The molecular weight excluding hydrogens is 276 g/mol. The molecule has 0 spiro atoms. The first-order valence-corrected chi connectivity index (χ1v) is 7.55. The molecule has 1 rings (SSSR count). The van der Waals surface area contributed by atoms with E-state index in [0.717, 1.165) is 11.3 Å². The van der Waals surface area contributed by atoms with Crippen molar-refractivity contribution in [1.29, 1.82) is 0 Å². The largest absolute Gasteiger partial charge is 0.469 e. The second-order valence-electron chi connectivity index (χ2n) is 4.61. The lowest BCUT2D eigenvalue weighted by Gasteiger charge is -2.18. The minimum Gasteiger partial charge on any atom is -0.469 e.